The zero-order chi connectivity index (χ0) is 14.3. The number of hydrogen-bond acceptors (Lipinski definition) is 3. The number of likely N-dealkylation sites (tertiary alicyclic amines) is 1. The molecule has 2 fully saturated rings. The van der Waals surface area contributed by atoms with Gasteiger partial charge < -0.3 is 9.64 Å². The molecule has 1 aliphatic heterocycles. The summed E-state index contributed by atoms with van der Waals surface area (Å²) in [4.78, 5) is 12.1. The zero-order valence-corrected chi connectivity index (χ0v) is 13.2. The second-order valence-electron chi connectivity index (χ2n) is 6.13. The monoisotopic (exact) mass is 257 g/mol. The Morgan fingerprint density at radius 1 is 1.22 bits per heavy atom. The number of nitrogens with zero attached hydrogens (tertiary/aromatic N) is 1. The summed E-state index contributed by atoms with van der Waals surface area (Å²) < 4.78 is 4.55. The van der Waals surface area contributed by atoms with Gasteiger partial charge in [-0.05, 0) is 52.5 Å². The summed E-state index contributed by atoms with van der Waals surface area (Å²) in [5, 5.41) is 0. The topological polar surface area (TPSA) is 29.5 Å². The lowest BCUT2D eigenvalue weighted by Crippen LogP contribution is -2.30. The van der Waals surface area contributed by atoms with Gasteiger partial charge in [0, 0.05) is 12.6 Å². The number of carbonyl (C=O) groups excluding carboxylic acids is 1. The maximum Gasteiger partial charge on any atom is 0.293 e. The van der Waals surface area contributed by atoms with Crippen LogP contribution in [0.4, 0.5) is 0 Å². The number of piperidine rings is 1. The van der Waals surface area contributed by atoms with Gasteiger partial charge >= 0.3 is 0 Å². The van der Waals surface area contributed by atoms with Crippen LogP contribution in [0.2, 0.25) is 0 Å². The third-order valence-corrected chi connectivity index (χ3v) is 3.57. The molecule has 0 aromatic heterocycles. The van der Waals surface area contributed by atoms with Gasteiger partial charge in [-0.15, -0.1) is 0 Å². The smallest absolute Gasteiger partial charge is 0.293 e. The van der Waals surface area contributed by atoms with Crippen molar-refractivity contribution in [3.05, 3.63) is 0 Å². The highest BCUT2D eigenvalue weighted by atomic mass is 16.5. The van der Waals surface area contributed by atoms with Gasteiger partial charge in [-0.2, -0.15) is 0 Å². The normalized spacial score (nSPS) is 29.8. The van der Waals surface area contributed by atoms with Crippen molar-refractivity contribution >= 4 is 6.47 Å². The number of rotatable bonds is 1. The van der Waals surface area contributed by atoms with Crippen molar-refractivity contribution in [1.82, 2.24) is 4.90 Å². The van der Waals surface area contributed by atoms with Crippen LogP contribution in [0.5, 0.6) is 0 Å². The Hall–Kier alpha value is -0.570. The second kappa shape index (κ2) is 7.78. The predicted molar refractivity (Wildman–Crippen MR) is 76.6 cm³/mol. The fourth-order valence-electron chi connectivity index (χ4n) is 2.58. The number of ether oxygens (including phenoxy) is 1. The molecule has 1 heterocycles. The van der Waals surface area contributed by atoms with Crippen molar-refractivity contribution in [3.8, 4) is 0 Å². The van der Waals surface area contributed by atoms with E-state index < -0.39 is 0 Å². The standard InChI is InChI=1S/C8H15N.C5H10O2.C2H6/c1-6-3-8-4-7(6)5-9(8)2;1-5(2,3)7-4-6;1-2/h6-8H,3-5H2,1-2H3;4H,1-3H3;1-2H3. The Morgan fingerprint density at radius 2 is 1.78 bits per heavy atom. The van der Waals surface area contributed by atoms with Crippen LogP contribution in [-0.2, 0) is 9.53 Å². The molecule has 0 aromatic carbocycles. The van der Waals surface area contributed by atoms with Crippen LogP contribution in [0, 0.1) is 11.8 Å². The molecule has 0 aromatic rings. The molecule has 0 amide bonds. The van der Waals surface area contributed by atoms with Gasteiger partial charge in [0.25, 0.3) is 6.47 Å². The SMILES string of the molecule is CC.CC(C)(C)OC=O.CC1CC2CC1CN2C. The molecule has 3 atom stereocenters. The quantitative estimate of drug-likeness (QED) is 0.675. The Balaban J connectivity index is 0.000000292. The number of carbonyl (C=O) groups is 1. The molecule has 0 spiro atoms. The van der Waals surface area contributed by atoms with Crippen LogP contribution in [0.15, 0.2) is 0 Å². The Morgan fingerprint density at radius 3 is 1.94 bits per heavy atom. The van der Waals surface area contributed by atoms with Crippen LogP contribution in [0.1, 0.15) is 54.4 Å². The minimum Gasteiger partial charge on any atom is -0.462 e. The largest absolute Gasteiger partial charge is 0.462 e. The summed E-state index contributed by atoms with van der Waals surface area (Å²) in [6.45, 7) is 13.7. The van der Waals surface area contributed by atoms with Crippen LogP contribution in [-0.4, -0.2) is 36.6 Å². The molecule has 2 rings (SSSR count). The average molecular weight is 257 g/mol. The van der Waals surface area contributed by atoms with Gasteiger partial charge in [0.15, 0.2) is 0 Å². The highest BCUT2D eigenvalue weighted by Crippen LogP contribution is 2.40. The van der Waals surface area contributed by atoms with E-state index in [4.69, 9.17) is 0 Å². The Kier molecular flexibility index (Phi) is 7.53. The molecule has 3 unspecified atom stereocenters. The molecule has 108 valence electrons. The second-order valence-corrected chi connectivity index (χ2v) is 6.13. The van der Waals surface area contributed by atoms with E-state index in [1.165, 1.54) is 19.4 Å². The third-order valence-electron chi connectivity index (χ3n) is 3.57. The lowest BCUT2D eigenvalue weighted by molar-refractivity contribution is -0.138. The summed E-state index contributed by atoms with van der Waals surface area (Å²) in [6.07, 6.45) is 2.94. The van der Waals surface area contributed by atoms with Gasteiger partial charge in [0.1, 0.15) is 5.60 Å². The average Bonchev–Trinajstić information content (AvgIpc) is 2.78. The summed E-state index contributed by atoms with van der Waals surface area (Å²) in [6, 6.07) is 0.949. The van der Waals surface area contributed by atoms with E-state index in [9.17, 15) is 4.79 Å². The highest BCUT2D eigenvalue weighted by Gasteiger charge is 2.40. The molecule has 3 nitrogen and oxygen atoms in total. The lowest BCUT2D eigenvalue weighted by Gasteiger charge is -2.25. The Labute approximate surface area is 113 Å². The van der Waals surface area contributed by atoms with E-state index in [2.05, 4.69) is 23.6 Å². The fourth-order valence-corrected chi connectivity index (χ4v) is 2.58. The predicted octanol–water partition coefficient (Wildman–Crippen LogP) is 3.33. The summed E-state index contributed by atoms with van der Waals surface area (Å²) >= 11 is 0. The lowest BCUT2D eigenvalue weighted by atomic mass is 9.97. The first-order chi connectivity index (χ1) is 8.33. The van der Waals surface area contributed by atoms with Crippen molar-refractivity contribution in [2.75, 3.05) is 13.6 Å². The van der Waals surface area contributed by atoms with Crippen molar-refractivity contribution in [2.24, 2.45) is 11.8 Å². The number of hydrogen-bond donors (Lipinski definition) is 0. The maximum absolute atomic E-state index is 9.60. The Bertz CT molecular complexity index is 217. The van der Waals surface area contributed by atoms with Crippen LogP contribution < -0.4 is 0 Å². The first-order valence-corrected chi connectivity index (χ1v) is 7.15. The van der Waals surface area contributed by atoms with Crippen molar-refractivity contribution in [2.45, 2.75) is 66.0 Å². The summed E-state index contributed by atoms with van der Waals surface area (Å²) in [5.41, 5.74) is -0.318. The van der Waals surface area contributed by atoms with E-state index in [1.54, 1.807) is 0 Å². The van der Waals surface area contributed by atoms with E-state index in [-0.39, 0.29) is 5.60 Å². The molecule has 18 heavy (non-hydrogen) atoms. The van der Waals surface area contributed by atoms with Gasteiger partial charge in [-0.1, -0.05) is 20.8 Å². The van der Waals surface area contributed by atoms with Gasteiger partial charge in [-0.3, -0.25) is 4.79 Å². The van der Waals surface area contributed by atoms with Crippen molar-refractivity contribution in [3.63, 3.8) is 0 Å². The first kappa shape index (κ1) is 17.4. The molecular formula is C15H31NO2. The minimum absolute atomic E-state index is 0.318. The van der Waals surface area contributed by atoms with Crippen molar-refractivity contribution < 1.29 is 9.53 Å². The minimum atomic E-state index is -0.318. The van der Waals surface area contributed by atoms with Gasteiger partial charge in [0.2, 0.25) is 0 Å². The van der Waals surface area contributed by atoms with Crippen LogP contribution >= 0.6 is 0 Å². The molecule has 0 radical (unpaired) electrons. The van der Waals surface area contributed by atoms with Gasteiger partial charge in [-0.25, -0.2) is 0 Å². The molecule has 2 bridgehead atoms. The third kappa shape index (κ3) is 5.85. The molecular weight excluding hydrogens is 226 g/mol. The maximum atomic E-state index is 9.60. The van der Waals surface area contributed by atoms with Crippen molar-refractivity contribution in [1.29, 1.82) is 0 Å². The van der Waals surface area contributed by atoms with E-state index in [1.807, 2.05) is 34.6 Å². The van der Waals surface area contributed by atoms with Crippen LogP contribution in [0.3, 0.4) is 0 Å². The molecule has 3 heteroatoms. The van der Waals surface area contributed by atoms with E-state index >= 15 is 0 Å². The molecule has 2 aliphatic rings. The zero-order valence-electron chi connectivity index (χ0n) is 13.2. The first-order valence-electron chi connectivity index (χ1n) is 7.15. The van der Waals surface area contributed by atoms with E-state index in [0.29, 0.717) is 6.47 Å². The molecule has 1 saturated heterocycles. The van der Waals surface area contributed by atoms with E-state index in [0.717, 1.165) is 17.9 Å². The summed E-state index contributed by atoms with van der Waals surface area (Å²) in [5.74, 6) is 2.06. The van der Waals surface area contributed by atoms with Gasteiger partial charge in [0.05, 0.1) is 0 Å². The number of fused-ring (bicyclic) bond motifs is 2. The summed E-state index contributed by atoms with van der Waals surface area (Å²) in [7, 11) is 2.26. The fraction of sp³-hybridized carbons (Fsp3) is 0.933. The highest BCUT2D eigenvalue weighted by molar-refractivity contribution is 5.37. The van der Waals surface area contributed by atoms with Crippen LogP contribution in [0.25, 0.3) is 0 Å². The molecule has 0 N–H and O–H groups in total. The molecule has 1 saturated carbocycles. The molecule has 1 aliphatic carbocycles.